The topological polar surface area (TPSA) is 106 Å². The summed E-state index contributed by atoms with van der Waals surface area (Å²) >= 11 is 8.30. The summed E-state index contributed by atoms with van der Waals surface area (Å²) in [5, 5.41) is 17.7. The molecule has 2 aromatic heterocycles. The van der Waals surface area contributed by atoms with Crippen LogP contribution in [0.25, 0.3) is 6.08 Å². The summed E-state index contributed by atoms with van der Waals surface area (Å²) in [5.74, 6) is -0.256. The average molecular weight is 492 g/mol. The molecule has 1 aliphatic rings. The van der Waals surface area contributed by atoms with Gasteiger partial charge in [0, 0.05) is 6.08 Å². The molecule has 1 aliphatic heterocycles. The molecule has 0 saturated carbocycles. The van der Waals surface area contributed by atoms with Gasteiger partial charge in [-0.15, -0.1) is 0 Å². The highest BCUT2D eigenvalue weighted by Crippen LogP contribution is 2.25. The Morgan fingerprint density at radius 1 is 1.30 bits per heavy atom. The number of furan rings is 1. The molecule has 3 aromatic rings. The summed E-state index contributed by atoms with van der Waals surface area (Å²) in [6.45, 7) is 0.164. The second-order valence-electron chi connectivity index (χ2n) is 6.16. The molecule has 0 atom stereocenters. The number of hydrogen-bond donors (Lipinski definition) is 1. The van der Waals surface area contributed by atoms with E-state index in [1.807, 2.05) is 0 Å². The number of benzene rings is 1. The van der Waals surface area contributed by atoms with E-state index in [9.17, 15) is 19.3 Å². The smallest absolute Gasteiger partial charge is 0.404 e. The third-order valence-corrected chi connectivity index (χ3v) is 4.97. The first kappa shape index (κ1) is 19.9. The van der Waals surface area contributed by atoms with Crippen molar-refractivity contribution in [1.82, 2.24) is 15.1 Å². The molecule has 30 heavy (non-hydrogen) atoms. The maximum atomic E-state index is 13.1. The van der Waals surface area contributed by atoms with Crippen LogP contribution in [0.1, 0.15) is 11.5 Å². The lowest BCUT2D eigenvalue weighted by Crippen LogP contribution is -2.30. The first-order valence-corrected chi connectivity index (χ1v) is 9.60. The molecule has 0 aliphatic carbocycles. The second kappa shape index (κ2) is 7.80. The van der Waals surface area contributed by atoms with Gasteiger partial charge < -0.3 is 19.8 Å². The molecule has 0 radical (unpaired) electrons. The number of carbonyl (C=O) groups excluding carboxylic acids is 1. The van der Waals surface area contributed by atoms with Gasteiger partial charge in [0.1, 0.15) is 34.1 Å². The van der Waals surface area contributed by atoms with Crippen molar-refractivity contribution in [3.63, 3.8) is 0 Å². The number of aromatic nitrogens is 2. The molecule has 12 heteroatoms. The first-order chi connectivity index (χ1) is 14.3. The van der Waals surface area contributed by atoms with Crippen molar-refractivity contribution in [1.29, 1.82) is 0 Å². The number of halogens is 2. The molecule has 152 valence electrons. The molecular formula is C18H11BrFN5O4S. The Labute approximate surface area is 182 Å². The molecule has 3 heterocycles. The number of nitro groups is 1. The van der Waals surface area contributed by atoms with Crippen molar-refractivity contribution >= 4 is 56.7 Å². The van der Waals surface area contributed by atoms with Gasteiger partial charge in [-0.05, 0) is 69.5 Å². The van der Waals surface area contributed by atoms with Crippen LogP contribution in [0.15, 0.2) is 57.2 Å². The molecule has 0 unspecified atom stereocenters. The number of thiocarbonyl (C=S) groups is 1. The lowest BCUT2D eigenvalue weighted by atomic mass is 10.2. The van der Waals surface area contributed by atoms with Gasteiger partial charge in [-0.1, -0.05) is 0 Å². The summed E-state index contributed by atoms with van der Waals surface area (Å²) in [7, 11) is 0. The quantitative estimate of drug-likeness (QED) is 0.251. The van der Waals surface area contributed by atoms with E-state index in [0.717, 1.165) is 0 Å². The Morgan fingerprint density at radius 2 is 2.03 bits per heavy atom. The minimum absolute atomic E-state index is 0.164. The lowest BCUT2D eigenvalue weighted by Gasteiger charge is -2.13. The third-order valence-electron chi connectivity index (χ3n) is 4.12. The summed E-state index contributed by atoms with van der Waals surface area (Å²) in [6, 6.07) is 8.71. The predicted molar refractivity (Wildman–Crippen MR) is 112 cm³/mol. The van der Waals surface area contributed by atoms with Crippen molar-refractivity contribution in [3.8, 4) is 0 Å². The molecule has 1 aromatic carbocycles. The summed E-state index contributed by atoms with van der Waals surface area (Å²) < 4.78 is 20.4. The van der Waals surface area contributed by atoms with Gasteiger partial charge in [0.2, 0.25) is 0 Å². The Kier molecular flexibility index (Phi) is 5.18. The van der Waals surface area contributed by atoms with E-state index < -0.39 is 16.6 Å². The summed E-state index contributed by atoms with van der Waals surface area (Å²) in [5.41, 5.74) is 0.635. The van der Waals surface area contributed by atoms with Gasteiger partial charge in [-0.2, -0.15) is 4.68 Å². The van der Waals surface area contributed by atoms with E-state index in [1.54, 1.807) is 12.1 Å². The molecule has 0 spiro atoms. The van der Waals surface area contributed by atoms with Crippen molar-refractivity contribution in [2.45, 2.75) is 6.54 Å². The molecule has 1 amide bonds. The average Bonchev–Trinajstić information content (AvgIpc) is 3.36. The van der Waals surface area contributed by atoms with Crippen LogP contribution in [-0.4, -0.2) is 25.7 Å². The fourth-order valence-electron chi connectivity index (χ4n) is 2.81. The number of amides is 1. The largest absolute Gasteiger partial charge is 0.460 e. The SMILES string of the molecule is O=C1/C(=C\c2ccc(Cn3cc(Br)c([N+](=O)[O-])n3)o2)NC(=S)N1c1ccc(F)cc1. The Morgan fingerprint density at radius 3 is 2.70 bits per heavy atom. The van der Waals surface area contributed by atoms with Crippen LogP contribution < -0.4 is 10.2 Å². The zero-order valence-electron chi connectivity index (χ0n) is 14.9. The molecule has 4 rings (SSSR count). The molecular weight excluding hydrogens is 481 g/mol. The molecule has 1 saturated heterocycles. The van der Waals surface area contributed by atoms with Gasteiger partial charge in [-0.3, -0.25) is 9.69 Å². The van der Waals surface area contributed by atoms with E-state index in [4.69, 9.17) is 16.6 Å². The van der Waals surface area contributed by atoms with Gasteiger partial charge in [0.05, 0.1) is 17.0 Å². The van der Waals surface area contributed by atoms with Crippen molar-refractivity contribution in [2.75, 3.05) is 4.90 Å². The summed E-state index contributed by atoms with van der Waals surface area (Å²) in [6.07, 6.45) is 2.96. The van der Waals surface area contributed by atoms with Crippen LogP contribution >= 0.6 is 28.1 Å². The van der Waals surface area contributed by atoms with Crippen LogP contribution in [0.3, 0.4) is 0 Å². The van der Waals surface area contributed by atoms with E-state index in [-0.39, 0.29) is 27.6 Å². The fraction of sp³-hybridized carbons (Fsp3) is 0.0556. The van der Waals surface area contributed by atoms with Crippen LogP contribution in [0, 0.1) is 15.9 Å². The maximum absolute atomic E-state index is 13.1. The van der Waals surface area contributed by atoms with E-state index in [1.165, 1.54) is 46.1 Å². The number of hydrogen-bond acceptors (Lipinski definition) is 6. The molecule has 1 fully saturated rings. The number of rotatable bonds is 5. The molecule has 1 N–H and O–H groups in total. The van der Waals surface area contributed by atoms with E-state index >= 15 is 0 Å². The van der Waals surface area contributed by atoms with Crippen LogP contribution in [0.5, 0.6) is 0 Å². The number of carbonyl (C=O) groups is 1. The van der Waals surface area contributed by atoms with Crippen molar-refractivity contribution in [2.24, 2.45) is 0 Å². The van der Waals surface area contributed by atoms with Crippen LogP contribution in [0.4, 0.5) is 15.9 Å². The highest BCUT2D eigenvalue weighted by molar-refractivity contribution is 9.10. The van der Waals surface area contributed by atoms with Crippen LogP contribution in [0.2, 0.25) is 0 Å². The monoisotopic (exact) mass is 491 g/mol. The molecule has 9 nitrogen and oxygen atoms in total. The van der Waals surface area contributed by atoms with Gasteiger partial charge in [-0.25, -0.2) is 4.39 Å². The number of anilines is 1. The Balaban J connectivity index is 1.52. The lowest BCUT2D eigenvalue weighted by molar-refractivity contribution is -0.390. The first-order valence-electron chi connectivity index (χ1n) is 8.40. The third kappa shape index (κ3) is 3.86. The predicted octanol–water partition coefficient (Wildman–Crippen LogP) is 3.60. The highest BCUT2D eigenvalue weighted by atomic mass is 79.9. The van der Waals surface area contributed by atoms with E-state index in [2.05, 4.69) is 26.3 Å². The van der Waals surface area contributed by atoms with Gasteiger partial charge >= 0.3 is 5.82 Å². The second-order valence-corrected chi connectivity index (χ2v) is 7.41. The maximum Gasteiger partial charge on any atom is 0.404 e. The zero-order chi connectivity index (χ0) is 21.4. The zero-order valence-corrected chi connectivity index (χ0v) is 17.3. The van der Waals surface area contributed by atoms with Crippen LogP contribution in [-0.2, 0) is 11.3 Å². The molecule has 0 bridgehead atoms. The minimum atomic E-state index is -0.592. The number of nitrogens with one attached hydrogen (secondary N) is 1. The Hall–Kier alpha value is -3.38. The van der Waals surface area contributed by atoms with Gasteiger partial charge in [0.15, 0.2) is 5.11 Å². The minimum Gasteiger partial charge on any atom is -0.460 e. The highest BCUT2D eigenvalue weighted by Gasteiger charge is 2.32. The normalized spacial score (nSPS) is 15.1. The Bertz CT molecular complexity index is 1200. The van der Waals surface area contributed by atoms with E-state index in [0.29, 0.717) is 17.2 Å². The van der Waals surface area contributed by atoms with Gasteiger partial charge in [0.25, 0.3) is 5.91 Å². The number of nitrogens with zero attached hydrogens (tertiary/aromatic N) is 4. The van der Waals surface area contributed by atoms with Crippen molar-refractivity contribution < 1.29 is 18.5 Å². The van der Waals surface area contributed by atoms with Crippen molar-refractivity contribution in [3.05, 3.63) is 80.2 Å². The standard InChI is InChI=1S/C18H11BrFN5O4S/c19-14-9-23(22-16(14)25(27)28)8-13-6-5-12(29-13)7-15-17(26)24(18(30)21-15)11-3-1-10(20)2-4-11/h1-7,9H,8H2,(H,21,30)/b15-7+. The summed E-state index contributed by atoms with van der Waals surface area (Å²) in [4.78, 5) is 24.2. The fourth-order valence-corrected chi connectivity index (χ4v) is 3.57.